The Labute approximate surface area is 106 Å². The highest BCUT2D eigenvalue weighted by Crippen LogP contribution is 2.33. The summed E-state index contributed by atoms with van der Waals surface area (Å²) >= 11 is 5.89. The molecule has 1 heterocycles. The van der Waals surface area contributed by atoms with Gasteiger partial charge in [0, 0.05) is 17.6 Å². The lowest BCUT2D eigenvalue weighted by Crippen LogP contribution is -1.98. The van der Waals surface area contributed by atoms with Crippen molar-refractivity contribution in [1.29, 1.82) is 0 Å². The average Bonchev–Trinajstić information content (AvgIpc) is 2.57. The molecule has 3 nitrogen and oxygen atoms in total. The van der Waals surface area contributed by atoms with Crippen LogP contribution in [0.25, 0.3) is 11.1 Å². The fourth-order valence-electron chi connectivity index (χ4n) is 1.87. The number of nitrogens with zero attached hydrogens (tertiary/aromatic N) is 2. The first kappa shape index (κ1) is 12.0. The van der Waals surface area contributed by atoms with Crippen molar-refractivity contribution in [3.8, 4) is 11.1 Å². The normalized spacial score (nSPS) is 11.1. The molecule has 2 N–H and O–H groups in total. The molecule has 0 aliphatic heterocycles. The van der Waals surface area contributed by atoms with Gasteiger partial charge in [-0.3, -0.25) is 4.68 Å². The van der Waals surface area contributed by atoms with Gasteiger partial charge in [0.25, 0.3) is 0 Å². The minimum atomic E-state index is 0.337. The molecule has 4 heteroatoms. The largest absolute Gasteiger partial charge is 0.383 e. The molecule has 0 saturated heterocycles. The van der Waals surface area contributed by atoms with Crippen LogP contribution in [0.3, 0.4) is 0 Å². The molecule has 0 spiro atoms. The van der Waals surface area contributed by atoms with E-state index >= 15 is 0 Å². The molecule has 0 amide bonds. The number of nitrogens with two attached hydrogens (primary N) is 1. The quantitative estimate of drug-likeness (QED) is 0.886. The molecule has 17 heavy (non-hydrogen) atoms. The van der Waals surface area contributed by atoms with Crippen molar-refractivity contribution >= 4 is 17.4 Å². The van der Waals surface area contributed by atoms with Crippen LogP contribution in [0.2, 0.25) is 5.02 Å². The molecule has 0 fully saturated rings. The standard InChI is InChI=1S/C13H16ClN3/c1-8(2)12-11(13(15)17(3)16-12)9-4-6-10(14)7-5-9/h4-8H,15H2,1-3H3. The monoisotopic (exact) mass is 249 g/mol. The van der Waals surface area contributed by atoms with Crippen LogP contribution in [0, 0.1) is 0 Å². The SMILES string of the molecule is CC(C)c1nn(C)c(N)c1-c1ccc(Cl)cc1. The maximum absolute atomic E-state index is 6.08. The van der Waals surface area contributed by atoms with E-state index in [1.807, 2.05) is 31.3 Å². The maximum Gasteiger partial charge on any atom is 0.129 e. The molecule has 0 aliphatic rings. The van der Waals surface area contributed by atoms with Gasteiger partial charge in [-0.2, -0.15) is 5.10 Å². The molecule has 2 aromatic rings. The van der Waals surface area contributed by atoms with Gasteiger partial charge in [0.05, 0.1) is 5.69 Å². The van der Waals surface area contributed by atoms with Crippen LogP contribution in [-0.4, -0.2) is 9.78 Å². The molecule has 0 aliphatic carbocycles. The van der Waals surface area contributed by atoms with Gasteiger partial charge in [0.2, 0.25) is 0 Å². The first-order chi connectivity index (χ1) is 8.00. The van der Waals surface area contributed by atoms with Gasteiger partial charge < -0.3 is 5.73 Å². The lowest BCUT2D eigenvalue weighted by molar-refractivity contribution is 0.719. The van der Waals surface area contributed by atoms with Crippen molar-refractivity contribution < 1.29 is 0 Å². The number of benzene rings is 1. The van der Waals surface area contributed by atoms with E-state index in [4.69, 9.17) is 17.3 Å². The lowest BCUT2D eigenvalue weighted by Gasteiger charge is -2.06. The molecule has 0 radical (unpaired) electrons. The van der Waals surface area contributed by atoms with Crippen molar-refractivity contribution in [2.24, 2.45) is 7.05 Å². The van der Waals surface area contributed by atoms with Crippen LogP contribution in [0.15, 0.2) is 24.3 Å². The van der Waals surface area contributed by atoms with E-state index in [9.17, 15) is 0 Å². The van der Waals surface area contributed by atoms with E-state index in [1.165, 1.54) is 0 Å². The highest BCUT2D eigenvalue weighted by Gasteiger charge is 2.17. The zero-order valence-corrected chi connectivity index (χ0v) is 11.0. The third-order valence-corrected chi connectivity index (χ3v) is 3.05. The Hall–Kier alpha value is -1.48. The van der Waals surface area contributed by atoms with Crippen molar-refractivity contribution in [2.75, 3.05) is 5.73 Å². The summed E-state index contributed by atoms with van der Waals surface area (Å²) in [5.74, 6) is 1.03. The van der Waals surface area contributed by atoms with E-state index in [1.54, 1.807) is 4.68 Å². The van der Waals surface area contributed by atoms with Crippen LogP contribution >= 0.6 is 11.6 Å². The first-order valence-corrected chi connectivity index (χ1v) is 5.96. The maximum atomic E-state index is 6.08. The van der Waals surface area contributed by atoms with E-state index < -0.39 is 0 Å². The number of anilines is 1. The Balaban J connectivity index is 2.61. The molecule has 0 atom stereocenters. The predicted octanol–water partition coefficient (Wildman–Crippen LogP) is 3.45. The zero-order valence-electron chi connectivity index (χ0n) is 10.2. The number of rotatable bonds is 2. The summed E-state index contributed by atoms with van der Waals surface area (Å²) in [6.45, 7) is 4.22. The van der Waals surface area contributed by atoms with Gasteiger partial charge in [-0.05, 0) is 23.6 Å². The number of hydrogen-bond donors (Lipinski definition) is 1. The van der Waals surface area contributed by atoms with Gasteiger partial charge in [-0.25, -0.2) is 0 Å². The van der Waals surface area contributed by atoms with Crippen LogP contribution in [0.1, 0.15) is 25.5 Å². The van der Waals surface area contributed by atoms with E-state index in [0.29, 0.717) is 11.7 Å². The summed E-state index contributed by atoms with van der Waals surface area (Å²) in [4.78, 5) is 0. The van der Waals surface area contributed by atoms with Gasteiger partial charge >= 0.3 is 0 Å². The van der Waals surface area contributed by atoms with Gasteiger partial charge in [-0.1, -0.05) is 37.6 Å². The molecular weight excluding hydrogens is 234 g/mol. The van der Waals surface area contributed by atoms with E-state index in [-0.39, 0.29) is 0 Å². The Morgan fingerprint density at radius 2 is 1.82 bits per heavy atom. The molecule has 1 aromatic carbocycles. The molecular formula is C13H16ClN3. The number of aryl methyl sites for hydroxylation is 1. The van der Waals surface area contributed by atoms with Crippen molar-refractivity contribution in [3.05, 3.63) is 35.0 Å². The second-order valence-corrected chi connectivity index (χ2v) is 4.87. The molecule has 0 saturated carbocycles. The third-order valence-electron chi connectivity index (χ3n) is 2.80. The van der Waals surface area contributed by atoms with Gasteiger partial charge in [0.15, 0.2) is 0 Å². The number of hydrogen-bond acceptors (Lipinski definition) is 2. The van der Waals surface area contributed by atoms with Crippen LogP contribution < -0.4 is 5.73 Å². The second-order valence-electron chi connectivity index (χ2n) is 4.43. The molecule has 90 valence electrons. The molecule has 0 bridgehead atoms. The highest BCUT2D eigenvalue weighted by atomic mass is 35.5. The molecule has 2 rings (SSSR count). The topological polar surface area (TPSA) is 43.8 Å². The third kappa shape index (κ3) is 2.15. The van der Waals surface area contributed by atoms with Crippen molar-refractivity contribution in [3.63, 3.8) is 0 Å². The van der Waals surface area contributed by atoms with Crippen LogP contribution in [0.4, 0.5) is 5.82 Å². The summed E-state index contributed by atoms with van der Waals surface area (Å²) in [6, 6.07) is 7.68. The summed E-state index contributed by atoms with van der Waals surface area (Å²) in [7, 11) is 1.86. The van der Waals surface area contributed by atoms with Crippen LogP contribution in [0.5, 0.6) is 0 Å². The fourth-order valence-corrected chi connectivity index (χ4v) is 2.00. The average molecular weight is 250 g/mol. The highest BCUT2D eigenvalue weighted by molar-refractivity contribution is 6.30. The smallest absolute Gasteiger partial charge is 0.129 e. The fraction of sp³-hybridized carbons (Fsp3) is 0.308. The van der Waals surface area contributed by atoms with Crippen LogP contribution in [-0.2, 0) is 7.05 Å². The Morgan fingerprint density at radius 1 is 1.24 bits per heavy atom. The lowest BCUT2D eigenvalue weighted by atomic mass is 9.99. The second kappa shape index (κ2) is 4.41. The number of nitrogen functional groups attached to an aromatic ring is 1. The van der Waals surface area contributed by atoms with Gasteiger partial charge in [0.1, 0.15) is 5.82 Å². The first-order valence-electron chi connectivity index (χ1n) is 5.59. The minimum absolute atomic E-state index is 0.337. The van der Waals surface area contributed by atoms with Crippen molar-refractivity contribution in [1.82, 2.24) is 9.78 Å². The Bertz CT molecular complexity index is 526. The molecule has 0 unspecified atom stereocenters. The minimum Gasteiger partial charge on any atom is -0.383 e. The van der Waals surface area contributed by atoms with E-state index in [0.717, 1.165) is 21.8 Å². The summed E-state index contributed by atoms with van der Waals surface area (Å²) in [6.07, 6.45) is 0. The Morgan fingerprint density at radius 3 is 2.35 bits per heavy atom. The van der Waals surface area contributed by atoms with Gasteiger partial charge in [-0.15, -0.1) is 0 Å². The summed E-state index contributed by atoms with van der Waals surface area (Å²) < 4.78 is 1.72. The zero-order chi connectivity index (χ0) is 12.6. The molecule has 1 aromatic heterocycles. The summed E-state index contributed by atoms with van der Waals surface area (Å²) in [5, 5.41) is 5.19. The number of aromatic nitrogens is 2. The van der Waals surface area contributed by atoms with Crippen molar-refractivity contribution in [2.45, 2.75) is 19.8 Å². The Kier molecular flexibility index (Phi) is 3.11. The van der Waals surface area contributed by atoms with E-state index in [2.05, 4.69) is 18.9 Å². The summed E-state index contributed by atoms with van der Waals surface area (Å²) in [5.41, 5.74) is 9.17. The number of halogens is 1. The predicted molar refractivity (Wildman–Crippen MR) is 72.2 cm³/mol.